The predicted molar refractivity (Wildman–Crippen MR) is 98.9 cm³/mol. The molecule has 0 saturated carbocycles. The van der Waals surface area contributed by atoms with Gasteiger partial charge in [0.25, 0.3) is 5.91 Å². The topological polar surface area (TPSA) is 86.7 Å². The van der Waals surface area contributed by atoms with E-state index in [4.69, 9.17) is 11.6 Å². The summed E-state index contributed by atoms with van der Waals surface area (Å²) in [5.74, 6) is -1.36. The Bertz CT molecular complexity index is 882. The third-order valence-corrected chi connectivity index (χ3v) is 4.52. The summed E-state index contributed by atoms with van der Waals surface area (Å²) in [4.78, 5) is 37.5. The molecule has 2 aromatic carbocycles. The third kappa shape index (κ3) is 3.70. The Kier molecular flexibility index (Phi) is 5.23. The average molecular weight is 373 g/mol. The van der Waals surface area contributed by atoms with Crippen LogP contribution in [0.2, 0.25) is 0 Å². The van der Waals surface area contributed by atoms with Gasteiger partial charge in [0.05, 0.1) is 11.3 Å². The fourth-order valence-corrected chi connectivity index (χ4v) is 3.06. The van der Waals surface area contributed by atoms with Gasteiger partial charge in [-0.05, 0) is 42.3 Å². The molecule has 1 aliphatic heterocycles. The Hall–Kier alpha value is -2.86. The van der Waals surface area contributed by atoms with Gasteiger partial charge >= 0.3 is 5.97 Å². The zero-order chi connectivity index (χ0) is 18.7. The fraction of sp³-hybridized carbons (Fsp3) is 0.211. The number of anilines is 2. The second kappa shape index (κ2) is 7.58. The highest BCUT2D eigenvalue weighted by atomic mass is 35.5. The van der Waals surface area contributed by atoms with Crippen molar-refractivity contribution >= 4 is 40.8 Å². The van der Waals surface area contributed by atoms with Crippen molar-refractivity contribution < 1.29 is 19.5 Å². The van der Waals surface area contributed by atoms with Crippen LogP contribution < -0.4 is 10.2 Å². The predicted octanol–water partition coefficient (Wildman–Crippen LogP) is 3.50. The first-order valence-electron chi connectivity index (χ1n) is 8.13. The molecule has 1 saturated heterocycles. The number of halogens is 1. The lowest BCUT2D eigenvalue weighted by Crippen LogP contribution is -2.24. The number of hydrogen-bond acceptors (Lipinski definition) is 3. The summed E-state index contributed by atoms with van der Waals surface area (Å²) in [5, 5.41) is 12.1. The van der Waals surface area contributed by atoms with Gasteiger partial charge in [-0.2, -0.15) is 0 Å². The van der Waals surface area contributed by atoms with Gasteiger partial charge in [-0.3, -0.25) is 9.59 Å². The van der Waals surface area contributed by atoms with Crippen molar-refractivity contribution in [3.05, 3.63) is 59.2 Å². The van der Waals surface area contributed by atoms with Crippen LogP contribution >= 0.6 is 11.6 Å². The number of carbonyl (C=O) groups excluding carboxylic acids is 2. The molecule has 3 rings (SSSR count). The van der Waals surface area contributed by atoms with Crippen molar-refractivity contribution in [1.82, 2.24) is 0 Å². The van der Waals surface area contributed by atoms with E-state index in [1.165, 1.54) is 12.1 Å². The molecular formula is C19H17ClN2O4. The number of hydrogen-bond donors (Lipinski definition) is 2. The molecule has 7 heteroatoms. The van der Waals surface area contributed by atoms with Crippen LogP contribution in [0.1, 0.15) is 39.1 Å². The highest BCUT2D eigenvalue weighted by molar-refractivity contribution is 6.17. The number of amides is 2. The first kappa shape index (κ1) is 17.9. The quantitative estimate of drug-likeness (QED) is 0.786. The molecule has 0 bridgehead atoms. The summed E-state index contributed by atoms with van der Waals surface area (Å²) in [5.41, 5.74) is 1.81. The summed E-state index contributed by atoms with van der Waals surface area (Å²) >= 11 is 5.78. The van der Waals surface area contributed by atoms with Gasteiger partial charge in [0.1, 0.15) is 0 Å². The van der Waals surface area contributed by atoms with E-state index in [-0.39, 0.29) is 23.0 Å². The molecular weight excluding hydrogens is 356 g/mol. The molecule has 6 nitrogen and oxygen atoms in total. The van der Waals surface area contributed by atoms with Crippen molar-refractivity contribution in [3.8, 4) is 0 Å². The third-order valence-electron chi connectivity index (χ3n) is 4.21. The second-order valence-electron chi connectivity index (χ2n) is 5.97. The molecule has 0 atom stereocenters. The van der Waals surface area contributed by atoms with Crippen molar-refractivity contribution in [2.45, 2.75) is 18.7 Å². The van der Waals surface area contributed by atoms with Gasteiger partial charge in [0, 0.05) is 30.1 Å². The van der Waals surface area contributed by atoms with Crippen LogP contribution in [-0.4, -0.2) is 29.4 Å². The number of benzene rings is 2. The number of alkyl halides is 1. The Morgan fingerprint density at radius 3 is 2.65 bits per heavy atom. The maximum atomic E-state index is 12.4. The van der Waals surface area contributed by atoms with Crippen molar-refractivity contribution in [2.24, 2.45) is 0 Å². The lowest BCUT2D eigenvalue weighted by molar-refractivity contribution is -0.117. The van der Waals surface area contributed by atoms with E-state index < -0.39 is 11.9 Å². The number of carbonyl (C=O) groups is 3. The van der Waals surface area contributed by atoms with E-state index in [0.717, 1.165) is 12.0 Å². The van der Waals surface area contributed by atoms with Gasteiger partial charge in [-0.25, -0.2) is 4.79 Å². The number of carboxylic acid groups (broad SMARTS) is 1. The Morgan fingerprint density at radius 1 is 1.19 bits per heavy atom. The van der Waals surface area contributed by atoms with Crippen molar-refractivity contribution in [3.63, 3.8) is 0 Å². The van der Waals surface area contributed by atoms with Crippen LogP contribution in [0.25, 0.3) is 0 Å². The maximum Gasteiger partial charge on any atom is 0.337 e. The summed E-state index contributed by atoms with van der Waals surface area (Å²) in [6.45, 7) is 0.564. The molecule has 1 aliphatic rings. The van der Waals surface area contributed by atoms with Gasteiger partial charge in [-0.15, -0.1) is 11.6 Å². The van der Waals surface area contributed by atoms with Crippen LogP contribution in [0.3, 0.4) is 0 Å². The molecule has 26 heavy (non-hydrogen) atoms. The van der Waals surface area contributed by atoms with Crippen molar-refractivity contribution in [1.29, 1.82) is 0 Å². The SMILES string of the molecule is O=C(Nc1ccc(N2CCCC2=O)cc1C(=O)O)c1cccc(CCl)c1. The normalized spacial score (nSPS) is 13.7. The number of nitrogens with zero attached hydrogens (tertiary/aromatic N) is 1. The largest absolute Gasteiger partial charge is 0.478 e. The molecule has 0 aliphatic carbocycles. The Morgan fingerprint density at radius 2 is 2.00 bits per heavy atom. The zero-order valence-electron chi connectivity index (χ0n) is 13.9. The van der Waals surface area contributed by atoms with Crippen LogP contribution in [0.15, 0.2) is 42.5 Å². The molecule has 2 amide bonds. The highest BCUT2D eigenvalue weighted by Gasteiger charge is 2.24. The minimum atomic E-state index is -1.18. The van der Waals surface area contributed by atoms with Crippen LogP contribution in [0.4, 0.5) is 11.4 Å². The number of rotatable bonds is 5. The van der Waals surface area contributed by atoms with Gasteiger partial charge in [0.2, 0.25) is 5.91 Å². The smallest absolute Gasteiger partial charge is 0.337 e. The lowest BCUT2D eigenvalue weighted by Gasteiger charge is -2.18. The van der Waals surface area contributed by atoms with E-state index in [2.05, 4.69) is 5.32 Å². The summed E-state index contributed by atoms with van der Waals surface area (Å²) in [6.07, 6.45) is 1.20. The van der Waals surface area contributed by atoms with E-state index in [0.29, 0.717) is 24.2 Å². The Labute approximate surface area is 155 Å². The van der Waals surface area contributed by atoms with Gasteiger partial charge < -0.3 is 15.3 Å². The standard InChI is InChI=1S/C19H17ClN2O4/c20-11-12-3-1-4-13(9-12)18(24)21-16-7-6-14(10-15(16)19(25)26)22-8-2-5-17(22)23/h1,3-4,6-7,9-10H,2,5,8,11H2,(H,21,24)(H,25,26). The molecule has 0 radical (unpaired) electrons. The average Bonchev–Trinajstić information content (AvgIpc) is 3.07. The van der Waals surface area contributed by atoms with Crippen molar-refractivity contribution in [2.75, 3.05) is 16.8 Å². The Balaban J connectivity index is 1.88. The number of carboxylic acids is 1. The zero-order valence-corrected chi connectivity index (χ0v) is 14.6. The van der Waals surface area contributed by atoms with E-state index >= 15 is 0 Å². The van der Waals surface area contributed by atoms with E-state index in [1.807, 2.05) is 0 Å². The summed E-state index contributed by atoms with van der Waals surface area (Å²) < 4.78 is 0. The minimum absolute atomic E-state index is 0.0315. The van der Waals surface area contributed by atoms with Crippen LogP contribution in [-0.2, 0) is 10.7 Å². The lowest BCUT2D eigenvalue weighted by atomic mass is 10.1. The van der Waals surface area contributed by atoms with E-state index in [1.54, 1.807) is 35.2 Å². The molecule has 0 unspecified atom stereocenters. The molecule has 2 aromatic rings. The summed E-state index contributed by atoms with van der Waals surface area (Å²) in [6, 6.07) is 11.4. The molecule has 134 valence electrons. The van der Waals surface area contributed by atoms with Crippen LogP contribution in [0.5, 0.6) is 0 Å². The van der Waals surface area contributed by atoms with Crippen LogP contribution in [0, 0.1) is 0 Å². The first-order valence-corrected chi connectivity index (χ1v) is 8.67. The molecule has 0 spiro atoms. The number of nitrogens with one attached hydrogen (secondary N) is 1. The molecule has 0 aromatic heterocycles. The fourth-order valence-electron chi connectivity index (χ4n) is 2.90. The molecule has 1 fully saturated rings. The van der Waals surface area contributed by atoms with Gasteiger partial charge in [0.15, 0.2) is 0 Å². The second-order valence-corrected chi connectivity index (χ2v) is 6.24. The number of aromatic carboxylic acids is 1. The maximum absolute atomic E-state index is 12.4. The highest BCUT2D eigenvalue weighted by Crippen LogP contribution is 2.27. The first-order chi connectivity index (χ1) is 12.5. The molecule has 1 heterocycles. The summed E-state index contributed by atoms with van der Waals surface area (Å²) in [7, 11) is 0. The van der Waals surface area contributed by atoms with E-state index in [9.17, 15) is 19.5 Å². The molecule has 2 N–H and O–H groups in total. The monoisotopic (exact) mass is 372 g/mol. The minimum Gasteiger partial charge on any atom is -0.478 e. The van der Waals surface area contributed by atoms with Gasteiger partial charge in [-0.1, -0.05) is 12.1 Å².